The zero-order valence-corrected chi connectivity index (χ0v) is 11.3. The first-order valence-electron chi connectivity index (χ1n) is 5.49. The number of sulfone groups is 1. The maximum Gasteiger partial charge on any atom is 0.239 e. The minimum Gasteiger partial charge on any atom is -0.384 e. The van der Waals surface area contributed by atoms with Crippen molar-refractivity contribution in [2.24, 2.45) is 0 Å². The summed E-state index contributed by atoms with van der Waals surface area (Å²) in [6, 6.07) is 7.18. The fraction of sp³-hybridized carbons (Fsp3) is 0.417. The predicted molar refractivity (Wildman–Crippen MR) is 70.3 cm³/mol. The van der Waals surface area contributed by atoms with Crippen LogP contribution >= 0.6 is 0 Å². The van der Waals surface area contributed by atoms with Crippen molar-refractivity contribution < 1.29 is 17.9 Å². The van der Waals surface area contributed by atoms with Gasteiger partial charge in [0.15, 0.2) is 9.84 Å². The molecule has 0 unspecified atom stereocenters. The Kier molecular flexibility index (Phi) is 5.30. The Morgan fingerprint density at radius 2 is 2.11 bits per heavy atom. The number of hydrogen-bond acceptors (Lipinski definition) is 4. The molecule has 18 heavy (non-hydrogen) atoms. The topological polar surface area (TPSA) is 72.5 Å². The molecule has 1 rings (SSSR count). The summed E-state index contributed by atoms with van der Waals surface area (Å²) in [6.45, 7) is 1.99. The number of hydrogen-bond donors (Lipinski definition) is 1. The van der Waals surface area contributed by atoms with Crippen LogP contribution in [-0.2, 0) is 19.4 Å². The normalized spacial score (nSPS) is 11.2. The molecule has 0 aliphatic carbocycles. The van der Waals surface area contributed by atoms with Crippen LogP contribution in [0, 0.1) is 6.92 Å². The number of carbonyl (C=O) groups excluding carboxylic acids is 1. The second kappa shape index (κ2) is 6.51. The number of benzene rings is 1. The Morgan fingerprint density at radius 3 is 2.72 bits per heavy atom. The van der Waals surface area contributed by atoms with Gasteiger partial charge in [-0.3, -0.25) is 4.79 Å². The molecule has 6 heteroatoms. The van der Waals surface area contributed by atoms with E-state index < -0.39 is 21.5 Å². The lowest BCUT2D eigenvalue weighted by Gasteiger charge is -2.06. The van der Waals surface area contributed by atoms with Crippen molar-refractivity contribution in [3.05, 3.63) is 29.8 Å². The van der Waals surface area contributed by atoms with E-state index in [1.165, 1.54) is 7.11 Å². The fourth-order valence-corrected chi connectivity index (χ4v) is 2.44. The van der Waals surface area contributed by atoms with Gasteiger partial charge in [0.05, 0.1) is 12.4 Å². The van der Waals surface area contributed by atoms with Crippen LogP contribution in [0.25, 0.3) is 0 Å². The van der Waals surface area contributed by atoms with Gasteiger partial charge >= 0.3 is 0 Å². The van der Waals surface area contributed by atoms with Gasteiger partial charge in [-0.25, -0.2) is 8.42 Å². The quantitative estimate of drug-likeness (QED) is 0.837. The first-order chi connectivity index (χ1) is 8.43. The third kappa shape index (κ3) is 5.29. The number of amides is 1. The summed E-state index contributed by atoms with van der Waals surface area (Å²) in [5, 5.41) is 2.56. The second-order valence-electron chi connectivity index (χ2n) is 4.00. The number of methoxy groups -OCH3 is 1. The highest BCUT2D eigenvalue weighted by molar-refractivity contribution is 7.92. The summed E-state index contributed by atoms with van der Waals surface area (Å²) < 4.78 is 27.7. The molecule has 5 nitrogen and oxygen atoms in total. The van der Waals surface area contributed by atoms with Crippen LogP contribution < -0.4 is 5.32 Å². The zero-order valence-electron chi connectivity index (χ0n) is 10.5. The van der Waals surface area contributed by atoms with Gasteiger partial charge in [0.1, 0.15) is 5.75 Å². The lowest BCUT2D eigenvalue weighted by Crippen LogP contribution is -2.26. The molecule has 0 saturated heterocycles. The van der Waals surface area contributed by atoms with Gasteiger partial charge in [0.2, 0.25) is 5.91 Å². The Hall–Kier alpha value is -1.40. The third-order valence-corrected chi connectivity index (χ3v) is 3.74. The number of anilines is 1. The van der Waals surface area contributed by atoms with Crippen molar-refractivity contribution in [2.75, 3.05) is 30.5 Å². The number of carbonyl (C=O) groups is 1. The Labute approximate surface area is 107 Å². The molecule has 0 aromatic heterocycles. The van der Waals surface area contributed by atoms with E-state index in [1.54, 1.807) is 18.2 Å². The summed E-state index contributed by atoms with van der Waals surface area (Å²) in [5.41, 5.74) is 1.59. The van der Waals surface area contributed by atoms with Crippen LogP contribution in [0.3, 0.4) is 0 Å². The average Bonchev–Trinajstić information content (AvgIpc) is 2.25. The van der Waals surface area contributed by atoms with Gasteiger partial charge in [-0.05, 0) is 24.6 Å². The van der Waals surface area contributed by atoms with Crippen LogP contribution in [0.15, 0.2) is 24.3 Å². The lowest BCUT2D eigenvalue weighted by atomic mass is 10.2. The van der Waals surface area contributed by atoms with E-state index in [0.29, 0.717) is 5.69 Å². The molecule has 1 amide bonds. The fourth-order valence-electron chi connectivity index (χ4n) is 1.40. The lowest BCUT2D eigenvalue weighted by molar-refractivity contribution is -0.113. The van der Waals surface area contributed by atoms with E-state index >= 15 is 0 Å². The summed E-state index contributed by atoms with van der Waals surface area (Å²) in [7, 11) is -1.99. The molecular formula is C12H17NO4S. The van der Waals surface area contributed by atoms with E-state index in [9.17, 15) is 13.2 Å². The monoisotopic (exact) mass is 271 g/mol. The first-order valence-corrected chi connectivity index (χ1v) is 7.31. The summed E-state index contributed by atoms with van der Waals surface area (Å²) in [5.74, 6) is -1.20. The minimum absolute atomic E-state index is 0.0973. The molecule has 0 fully saturated rings. The van der Waals surface area contributed by atoms with Gasteiger partial charge < -0.3 is 10.1 Å². The molecule has 100 valence electrons. The van der Waals surface area contributed by atoms with Crippen molar-refractivity contribution in [1.29, 1.82) is 0 Å². The molecule has 1 aromatic rings. The Bertz CT molecular complexity index is 511. The molecule has 0 spiro atoms. The van der Waals surface area contributed by atoms with Crippen molar-refractivity contribution in [2.45, 2.75) is 6.92 Å². The van der Waals surface area contributed by atoms with Crippen molar-refractivity contribution in [3.63, 3.8) is 0 Å². The van der Waals surface area contributed by atoms with Crippen LogP contribution in [0.1, 0.15) is 5.56 Å². The highest BCUT2D eigenvalue weighted by Crippen LogP contribution is 2.09. The Morgan fingerprint density at radius 1 is 1.39 bits per heavy atom. The standard InChI is InChI=1S/C12H17NO4S/c1-10-4-3-5-11(8-10)13-12(14)9-18(15,16)7-6-17-2/h3-5,8H,6-7,9H2,1-2H3,(H,13,14). The number of aryl methyl sites for hydroxylation is 1. The van der Waals surface area contributed by atoms with Crippen molar-refractivity contribution >= 4 is 21.4 Å². The van der Waals surface area contributed by atoms with E-state index in [4.69, 9.17) is 0 Å². The maximum atomic E-state index is 11.6. The van der Waals surface area contributed by atoms with E-state index in [0.717, 1.165) is 5.56 Å². The summed E-state index contributed by atoms with van der Waals surface area (Å²) >= 11 is 0. The van der Waals surface area contributed by atoms with Gasteiger partial charge in [-0.1, -0.05) is 12.1 Å². The third-order valence-electron chi connectivity index (χ3n) is 2.25. The van der Waals surface area contributed by atoms with Crippen molar-refractivity contribution in [3.8, 4) is 0 Å². The van der Waals surface area contributed by atoms with Crippen LogP contribution in [0.2, 0.25) is 0 Å². The second-order valence-corrected chi connectivity index (χ2v) is 6.19. The van der Waals surface area contributed by atoms with E-state index in [1.807, 2.05) is 13.0 Å². The molecule has 1 N–H and O–H groups in total. The first kappa shape index (κ1) is 14.7. The zero-order chi connectivity index (χ0) is 13.6. The number of ether oxygens (including phenoxy) is 1. The molecule has 0 bridgehead atoms. The molecule has 0 atom stereocenters. The Balaban J connectivity index is 2.57. The molecular weight excluding hydrogens is 254 g/mol. The van der Waals surface area contributed by atoms with Gasteiger partial charge in [-0.15, -0.1) is 0 Å². The smallest absolute Gasteiger partial charge is 0.239 e. The molecule has 0 heterocycles. The molecule has 0 saturated carbocycles. The highest BCUT2D eigenvalue weighted by Gasteiger charge is 2.16. The van der Waals surface area contributed by atoms with Crippen molar-refractivity contribution in [1.82, 2.24) is 0 Å². The maximum absolute atomic E-state index is 11.6. The van der Waals surface area contributed by atoms with Crippen LogP contribution in [-0.4, -0.2) is 39.5 Å². The highest BCUT2D eigenvalue weighted by atomic mass is 32.2. The molecule has 0 radical (unpaired) electrons. The number of rotatable bonds is 6. The van der Waals surface area contributed by atoms with E-state index in [2.05, 4.69) is 10.1 Å². The largest absolute Gasteiger partial charge is 0.384 e. The minimum atomic E-state index is -3.41. The molecule has 0 aliphatic heterocycles. The van der Waals surface area contributed by atoms with Gasteiger partial charge in [0, 0.05) is 12.8 Å². The average molecular weight is 271 g/mol. The van der Waals surface area contributed by atoms with Gasteiger partial charge in [0.25, 0.3) is 0 Å². The molecule has 0 aliphatic rings. The summed E-state index contributed by atoms with van der Waals surface area (Å²) in [6.07, 6.45) is 0. The molecule has 1 aromatic carbocycles. The van der Waals surface area contributed by atoms with Gasteiger partial charge in [-0.2, -0.15) is 0 Å². The van der Waals surface area contributed by atoms with Crippen LogP contribution in [0.5, 0.6) is 0 Å². The number of nitrogens with one attached hydrogen (secondary N) is 1. The van der Waals surface area contributed by atoms with E-state index in [-0.39, 0.29) is 12.4 Å². The SMILES string of the molecule is COCCS(=O)(=O)CC(=O)Nc1cccc(C)c1. The summed E-state index contributed by atoms with van der Waals surface area (Å²) in [4.78, 5) is 11.6. The predicted octanol–water partition coefficient (Wildman–Crippen LogP) is 0.995. The van der Waals surface area contributed by atoms with Crippen LogP contribution in [0.4, 0.5) is 5.69 Å².